The number of rotatable bonds is 9. The van der Waals surface area contributed by atoms with Crippen molar-refractivity contribution in [3.05, 3.63) is 76.0 Å². The van der Waals surface area contributed by atoms with Gasteiger partial charge in [0.2, 0.25) is 0 Å². The third kappa shape index (κ3) is 6.37. The highest BCUT2D eigenvalue weighted by Gasteiger charge is 2.12. The molecule has 0 aliphatic rings. The first kappa shape index (κ1) is 21.0. The molecule has 2 heterocycles. The molecule has 0 unspecified atom stereocenters. The molecule has 2 aromatic heterocycles. The average molecular weight is 411 g/mol. The van der Waals surface area contributed by atoms with Gasteiger partial charge < -0.3 is 10.1 Å². The van der Waals surface area contributed by atoms with E-state index in [0.29, 0.717) is 6.54 Å². The number of amides is 1. The van der Waals surface area contributed by atoms with E-state index in [4.69, 9.17) is 4.74 Å². The molecule has 1 amide bonds. The Kier molecular flexibility index (Phi) is 7.32. The van der Waals surface area contributed by atoms with Gasteiger partial charge in [0.1, 0.15) is 11.9 Å². The molecular formula is C22H26N4O2S. The largest absolute Gasteiger partial charge is 0.489 e. The van der Waals surface area contributed by atoms with E-state index in [2.05, 4.69) is 26.3 Å². The third-order valence-corrected chi connectivity index (χ3v) is 5.37. The number of ether oxygens (including phenoxy) is 1. The summed E-state index contributed by atoms with van der Waals surface area (Å²) in [7, 11) is 2.05. The van der Waals surface area contributed by atoms with Gasteiger partial charge in [0, 0.05) is 31.7 Å². The van der Waals surface area contributed by atoms with Crippen molar-refractivity contribution < 1.29 is 9.53 Å². The number of nitrogens with one attached hydrogen (secondary N) is 1. The Morgan fingerprint density at radius 3 is 2.86 bits per heavy atom. The molecule has 0 spiro atoms. The number of benzene rings is 1. The summed E-state index contributed by atoms with van der Waals surface area (Å²) >= 11 is 1.46. The highest BCUT2D eigenvalue weighted by Crippen LogP contribution is 2.17. The number of carbonyl (C=O) groups is 1. The molecule has 0 aliphatic carbocycles. The molecule has 1 aromatic carbocycles. The van der Waals surface area contributed by atoms with Crippen molar-refractivity contribution in [2.75, 3.05) is 13.6 Å². The monoisotopic (exact) mass is 410 g/mol. The molecule has 0 radical (unpaired) electrons. The fourth-order valence-electron chi connectivity index (χ4n) is 2.97. The molecule has 0 bridgehead atoms. The number of hydrogen-bond acceptors (Lipinski definition) is 6. The molecule has 7 heteroatoms. The van der Waals surface area contributed by atoms with Gasteiger partial charge in [-0.3, -0.25) is 19.7 Å². The molecule has 1 atom stereocenters. The Morgan fingerprint density at radius 1 is 1.28 bits per heavy atom. The predicted octanol–water partition coefficient (Wildman–Crippen LogP) is 3.68. The molecule has 3 rings (SSSR count). The van der Waals surface area contributed by atoms with Gasteiger partial charge in [-0.15, -0.1) is 11.3 Å². The van der Waals surface area contributed by atoms with Crippen molar-refractivity contribution in [2.45, 2.75) is 33.0 Å². The highest BCUT2D eigenvalue weighted by molar-refractivity contribution is 7.12. The van der Waals surface area contributed by atoms with Crippen LogP contribution in [0.2, 0.25) is 0 Å². The summed E-state index contributed by atoms with van der Waals surface area (Å²) in [5.74, 6) is 0.747. The van der Waals surface area contributed by atoms with Crippen molar-refractivity contribution in [3.63, 3.8) is 0 Å². The lowest BCUT2D eigenvalue weighted by atomic mass is 10.2. The highest BCUT2D eigenvalue weighted by atomic mass is 32.1. The van der Waals surface area contributed by atoms with Crippen molar-refractivity contribution in [1.29, 1.82) is 0 Å². The second-order valence-electron chi connectivity index (χ2n) is 7.09. The number of carbonyl (C=O) groups excluding carboxylic acids is 1. The Hall–Kier alpha value is -2.77. The van der Waals surface area contributed by atoms with E-state index in [1.165, 1.54) is 11.3 Å². The van der Waals surface area contributed by atoms with Crippen LogP contribution >= 0.6 is 11.3 Å². The van der Waals surface area contributed by atoms with E-state index in [9.17, 15) is 4.79 Å². The first-order valence-corrected chi connectivity index (χ1v) is 10.4. The smallest absolute Gasteiger partial charge is 0.261 e. The Labute approximate surface area is 175 Å². The number of aromatic nitrogens is 2. The van der Waals surface area contributed by atoms with Crippen molar-refractivity contribution >= 4 is 17.2 Å². The number of nitrogens with zero attached hydrogens (tertiary/aromatic N) is 3. The summed E-state index contributed by atoms with van der Waals surface area (Å²) in [5.41, 5.74) is 3.09. The molecular weight excluding hydrogens is 384 g/mol. The molecule has 152 valence electrons. The second kappa shape index (κ2) is 10.1. The fourth-order valence-corrected chi connectivity index (χ4v) is 3.81. The summed E-state index contributed by atoms with van der Waals surface area (Å²) in [6.07, 6.45) is 5.03. The maximum absolute atomic E-state index is 12.2. The lowest BCUT2D eigenvalue weighted by molar-refractivity contribution is 0.0935. The lowest BCUT2D eigenvalue weighted by Crippen LogP contribution is -2.33. The number of thiophene rings is 1. The minimum absolute atomic E-state index is 0.0488. The molecule has 0 saturated heterocycles. The van der Waals surface area contributed by atoms with Crippen molar-refractivity contribution in [2.24, 2.45) is 0 Å². The Balaban J connectivity index is 1.49. The van der Waals surface area contributed by atoms with Crippen LogP contribution in [0.4, 0.5) is 0 Å². The van der Waals surface area contributed by atoms with E-state index in [0.717, 1.165) is 40.5 Å². The minimum atomic E-state index is -0.133. The average Bonchev–Trinajstić information content (AvgIpc) is 3.13. The zero-order chi connectivity index (χ0) is 20.6. The zero-order valence-corrected chi connectivity index (χ0v) is 17.8. The standard InChI is InChI=1S/C22H26N4O2S/c1-16-7-10-29-21(16)22(27)25-12-17(2)28-20-6-4-5-18(11-20)14-26(3)15-19-13-23-8-9-24-19/h4-11,13,17H,12,14-15H2,1-3H3,(H,25,27)/t17-/m0/s1. The van der Waals surface area contributed by atoms with Crippen LogP contribution < -0.4 is 10.1 Å². The van der Waals surface area contributed by atoms with Crippen LogP contribution in [0.3, 0.4) is 0 Å². The first-order chi connectivity index (χ1) is 14.0. The second-order valence-corrected chi connectivity index (χ2v) is 8.00. The van der Waals surface area contributed by atoms with Crippen molar-refractivity contribution in [3.8, 4) is 5.75 Å². The van der Waals surface area contributed by atoms with Gasteiger partial charge in [-0.2, -0.15) is 0 Å². The maximum atomic E-state index is 12.2. The molecule has 3 aromatic rings. The SMILES string of the molecule is Cc1ccsc1C(=O)NC[C@H](C)Oc1cccc(CN(C)Cc2cnccn2)c1. The first-order valence-electron chi connectivity index (χ1n) is 9.52. The number of hydrogen-bond donors (Lipinski definition) is 1. The molecule has 29 heavy (non-hydrogen) atoms. The number of aryl methyl sites for hydroxylation is 1. The molecule has 0 saturated carbocycles. The molecule has 0 fully saturated rings. The summed E-state index contributed by atoms with van der Waals surface area (Å²) in [4.78, 5) is 23.6. The Bertz CT molecular complexity index is 929. The normalized spacial score (nSPS) is 12.0. The fraction of sp³-hybridized carbons (Fsp3) is 0.318. The van der Waals surface area contributed by atoms with E-state index in [1.54, 1.807) is 18.6 Å². The topological polar surface area (TPSA) is 67.3 Å². The third-order valence-electron chi connectivity index (χ3n) is 4.36. The van der Waals surface area contributed by atoms with Crippen LogP contribution in [0.15, 0.2) is 54.3 Å². The molecule has 1 N–H and O–H groups in total. The van der Waals surface area contributed by atoms with E-state index < -0.39 is 0 Å². The van der Waals surface area contributed by atoms with Gasteiger partial charge >= 0.3 is 0 Å². The van der Waals surface area contributed by atoms with Crippen LogP contribution in [0.25, 0.3) is 0 Å². The van der Waals surface area contributed by atoms with Crippen molar-refractivity contribution in [1.82, 2.24) is 20.2 Å². The zero-order valence-electron chi connectivity index (χ0n) is 17.0. The summed E-state index contributed by atoms with van der Waals surface area (Å²) in [5, 5.41) is 4.87. The molecule has 0 aliphatic heterocycles. The van der Waals surface area contributed by atoms with Crippen LogP contribution in [0, 0.1) is 6.92 Å². The van der Waals surface area contributed by atoms with Gasteiger partial charge in [0.25, 0.3) is 5.91 Å². The lowest BCUT2D eigenvalue weighted by Gasteiger charge is -2.18. The predicted molar refractivity (Wildman–Crippen MR) is 115 cm³/mol. The minimum Gasteiger partial charge on any atom is -0.489 e. The summed E-state index contributed by atoms with van der Waals surface area (Å²) in [6, 6.07) is 9.99. The van der Waals surface area contributed by atoms with Gasteiger partial charge in [-0.25, -0.2) is 0 Å². The maximum Gasteiger partial charge on any atom is 0.261 e. The summed E-state index contributed by atoms with van der Waals surface area (Å²) < 4.78 is 6.00. The van der Waals surface area contributed by atoms with Gasteiger partial charge in [0.05, 0.1) is 17.1 Å². The Morgan fingerprint density at radius 2 is 2.14 bits per heavy atom. The van der Waals surface area contributed by atoms with E-state index in [-0.39, 0.29) is 12.0 Å². The van der Waals surface area contributed by atoms with E-state index >= 15 is 0 Å². The quantitative estimate of drug-likeness (QED) is 0.583. The van der Waals surface area contributed by atoms with Crippen LogP contribution in [0.1, 0.15) is 33.4 Å². The molecule has 6 nitrogen and oxygen atoms in total. The van der Waals surface area contributed by atoms with Crippen LogP contribution in [0.5, 0.6) is 5.75 Å². The van der Waals surface area contributed by atoms with Crippen LogP contribution in [-0.2, 0) is 13.1 Å². The van der Waals surface area contributed by atoms with Crippen LogP contribution in [-0.4, -0.2) is 40.5 Å². The summed E-state index contributed by atoms with van der Waals surface area (Å²) in [6.45, 7) is 5.85. The van der Waals surface area contributed by atoms with E-state index in [1.807, 2.05) is 50.5 Å². The van der Waals surface area contributed by atoms with Gasteiger partial charge in [-0.05, 0) is 55.6 Å². The van der Waals surface area contributed by atoms with Gasteiger partial charge in [-0.1, -0.05) is 12.1 Å². The van der Waals surface area contributed by atoms with Gasteiger partial charge in [0.15, 0.2) is 0 Å².